The minimum Gasteiger partial charge on any atom is -0.344 e. The van der Waals surface area contributed by atoms with Gasteiger partial charge in [-0.05, 0) is 24.5 Å². The van der Waals surface area contributed by atoms with Crippen molar-refractivity contribution in [2.24, 2.45) is 0 Å². The molecule has 1 fully saturated rings. The van der Waals surface area contributed by atoms with Crippen molar-refractivity contribution in [3.05, 3.63) is 48.8 Å². The van der Waals surface area contributed by atoms with E-state index < -0.39 is 6.04 Å². The van der Waals surface area contributed by atoms with E-state index in [1.807, 2.05) is 36.4 Å². The zero-order valence-electron chi connectivity index (χ0n) is 12.8. The Hall–Kier alpha value is -2.69. The van der Waals surface area contributed by atoms with Crippen molar-refractivity contribution in [1.82, 2.24) is 10.3 Å². The van der Waals surface area contributed by atoms with Crippen LogP contribution in [0.5, 0.6) is 0 Å². The third-order valence-electron chi connectivity index (χ3n) is 3.96. The lowest BCUT2D eigenvalue weighted by Crippen LogP contribution is -2.42. The standard InChI is InChI=1S/C18H19N3O2/c22-17-9-5-4-8-15(20-17)18(23)21-16-12-19-11-10-14(16)13-6-2-1-3-7-13/h1-3,6-7,10-12,15H,4-5,8-9H2,(H,20,22)(H,21,23)/t15-/m0/s1. The van der Waals surface area contributed by atoms with E-state index in [9.17, 15) is 9.59 Å². The second-order valence-corrected chi connectivity index (χ2v) is 5.64. The maximum Gasteiger partial charge on any atom is 0.247 e. The number of rotatable bonds is 3. The van der Waals surface area contributed by atoms with Crippen LogP contribution in [0.15, 0.2) is 48.8 Å². The molecule has 0 saturated carbocycles. The number of hydrogen-bond acceptors (Lipinski definition) is 3. The third-order valence-corrected chi connectivity index (χ3v) is 3.96. The molecular formula is C18H19N3O2. The lowest BCUT2D eigenvalue weighted by Gasteiger charge is -2.17. The van der Waals surface area contributed by atoms with Crippen molar-refractivity contribution in [2.45, 2.75) is 31.7 Å². The van der Waals surface area contributed by atoms with Crippen molar-refractivity contribution in [2.75, 3.05) is 5.32 Å². The number of benzene rings is 1. The number of anilines is 1. The Morgan fingerprint density at radius 1 is 1.17 bits per heavy atom. The van der Waals surface area contributed by atoms with Gasteiger partial charge in [0, 0.05) is 18.2 Å². The highest BCUT2D eigenvalue weighted by Crippen LogP contribution is 2.27. The first-order chi connectivity index (χ1) is 11.2. The first-order valence-corrected chi connectivity index (χ1v) is 7.84. The van der Waals surface area contributed by atoms with Crippen molar-refractivity contribution in [1.29, 1.82) is 0 Å². The van der Waals surface area contributed by atoms with Crippen LogP contribution in [0, 0.1) is 0 Å². The Labute approximate surface area is 135 Å². The van der Waals surface area contributed by atoms with Gasteiger partial charge in [-0.2, -0.15) is 0 Å². The van der Waals surface area contributed by atoms with E-state index in [1.165, 1.54) is 0 Å². The summed E-state index contributed by atoms with van der Waals surface area (Å²) in [7, 11) is 0. The number of nitrogens with one attached hydrogen (secondary N) is 2. The molecule has 0 spiro atoms. The molecule has 5 nitrogen and oxygen atoms in total. The van der Waals surface area contributed by atoms with Crippen molar-refractivity contribution >= 4 is 17.5 Å². The topological polar surface area (TPSA) is 71.1 Å². The van der Waals surface area contributed by atoms with Crippen molar-refractivity contribution in [3.63, 3.8) is 0 Å². The fourth-order valence-corrected chi connectivity index (χ4v) is 2.75. The van der Waals surface area contributed by atoms with Gasteiger partial charge in [0.2, 0.25) is 11.8 Å². The lowest BCUT2D eigenvalue weighted by molar-refractivity contribution is -0.125. The number of carbonyl (C=O) groups is 2. The first kappa shape index (κ1) is 15.2. The SMILES string of the molecule is O=C1CCCC[C@@H](C(=O)Nc2cnccc2-c2ccccc2)N1. The molecule has 1 aromatic carbocycles. The van der Waals surface area contributed by atoms with Crippen molar-refractivity contribution < 1.29 is 9.59 Å². The predicted molar refractivity (Wildman–Crippen MR) is 88.7 cm³/mol. The summed E-state index contributed by atoms with van der Waals surface area (Å²) in [5.41, 5.74) is 2.58. The fourth-order valence-electron chi connectivity index (χ4n) is 2.75. The highest BCUT2D eigenvalue weighted by molar-refractivity contribution is 6.00. The van der Waals surface area contributed by atoms with Gasteiger partial charge in [-0.15, -0.1) is 0 Å². The highest BCUT2D eigenvalue weighted by Gasteiger charge is 2.23. The molecule has 2 amide bonds. The van der Waals surface area contributed by atoms with E-state index in [2.05, 4.69) is 15.6 Å². The van der Waals surface area contributed by atoms with Gasteiger partial charge in [-0.1, -0.05) is 36.8 Å². The molecule has 1 atom stereocenters. The number of carbonyl (C=O) groups excluding carboxylic acids is 2. The fraction of sp³-hybridized carbons (Fsp3) is 0.278. The summed E-state index contributed by atoms with van der Waals surface area (Å²) in [6.07, 6.45) is 6.20. The van der Waals surface area contributed by atoms with Gasteiger partial charge >= 0.3 is 0 Å². The minimum absolute atomic E-state index is 0.0582. The van der Waals surface area contributed by atoms with Crippen LogP contribution in [-0.2, 0) is 9.59 Å². The minimum atomic E-state index is -0.478. The molecule has 0 unspecified atom stereocenters. The van der Waals surface area contributed by atoms with Crippen LogP contribution < -0.4 is 10.6 Å². The average Bonchev–Trinajstić information content (AvgIpc) is 2.81. The number of aromatic nitrogens is 1. The summed E-state index contributed by atoms with van der Waals surface area (Å²) in [6, 6.07) is 11.2. The van der Waals surface area contributed by atoms with Crippen LogP contribution in [0.4, 0.5) is 5.69 Å². The molecule has 1 aromatic heterocycles. The molecule has 1 aliphatic rings. The van der Waals surface area contributed by atoms with E-state index >= 15 is 0 Å². The van der Waals surface area contributed by atoms with E-state index in [0.29, 0.717) is 18.5 Å². The number of pyridine rings is 1. The molecule has 1 saturated heterocycles. The third kappa shape index (κ3) is 3.74. The average molecular weight is 309 g/mol. The molecular weight excluding hydrogens is 290 g/mol. The molecule has 2 aromatic rings. The van der Waals surface area contributed by atoms with Gasteiger partial charge in [0.15, 0.2) is 0 Å². The Kier molecular flexibility index (Phi) is 4.66. The predicted octanol–water partition coefficient (Wildman–Crippen LogP) is 2.75. The Morgan fingerprint density at radius 2 is 2.00 bits per heavy atom. The highest BCUT2D eigenvalue weighted by atomic mass is 16.2. The maximum atomic E-state index is 12.5. The van der Waals surface area contributed by atoms with Gasteiger partial charge in [0.25, 0.3) is 0 Å². The van der Waals surface area contributed by atoms with Gasteiger partial charge in [-0.25, -0.2) is 0 Å². The summed E-state index contributed by atoms with van der Waals surface area (Å²) >= 11 is 0. The molecule has 0 bridgehead atoms. The Bertz CT molecular complexity index is 700. The molecule has 1 aliphatic heterocycles. The van der Waals surface area contributed by atoms with Crippen LogP contribution in [-0.4, -0.2) is 22.8 Å². The molecule has 2 N–H and O–H groups in total. The lowest BCUT2D eigenvalue weighted by atomic mass is 10.0. The maximum absolute atomic E-state index is 12.5. The second kappa shape index (κ2) is 7.05. The van der Waals surface area contributed by atoms with Crippen molar-refractivity contribution in [3.8, 4) is 11.1 Å². The summed E-state index contributed by atoms with van der Waals surface area (Å²) in [6.45, 7) is 0. The van der Waals surface area contributed by atoms with E-state index in [0.717, 1.165) is 24.0 Å². The normalized spacial score (nSPS) is 17.9. The van der Waals surface area contributed by atoms with Crippen LogP contribution in [0.1, 0.15) is 25.7 Å². The summed E-state index contributed by atoms with van der Waals surface area (Å²) in [5, 5.41) is 5.70. The van der Waals surface area contributed by atoms with Crippen LogP contribution in [0.3, 0.4) is 0 Å². The van der Waals surface area contributed by atoms with Crippen LogP contribution in [0.25, 0.3) is 11.1 Å². The summed E-state index contributed by atoms with van der Waals surface area (Å²) < 4.78 is 0. The molecule has 5 heteroatoms. The first-order valence-electron chi connectivity index (χ1n) is 7.84. The summed E-state index contributed by atoms with van der Waals surface area (Å²) in [5.74, 6) is -0.248. The quantitative estimate of drug-likeness (QED) is 0.916. The zero-order valence-corrected chi connectivity index (χ0v) is 12.8. The van der Waals surface area contributed by atoms with Gasteiger partial charge in [0.1, 0.15) is 6.04 Å². The molecule has 0 radical (unpaired) electrons. The van der Waals surface area contributed by atoms with Crippen LogP contribution >= 0.6 is 0 Å². The van der Waals surface area contributed by atoms with E-state index in [-0.39, 0.29) is 11.8 Å². The molecule has 0 aliphatic carbocycles. The molecule has 2 heterocycles. The molecule has 23 heavy (non-hydrogen) atoms. The zero-order chi connectivity index (χ0) is 16.1. The smallest absolute Gasteiger partial charge is 0.247 e. The van der Waals surface area contributed by atoms with Crippen LogP contribution in [0.2, 0.25) is 0 Å². The van der Waals surface area contributed by atoms with Gasteiger partial charge in [-0.3, -0.25) is 14.6 Å². The molecule has 3 rings (SSSR count). The van der Waals surface area contributed by atoms with E-state index in [1.54, 1.807) is 12.4 Å². The van der Waals surface area contributed by atoms with E-state index in [4.69, 9.17) is 0 Å². The van der Waals surface area contributed by atoms with Gasteiger partial charge < -0.3 is 10.6 Å². The summed E-state index contributed by atoms with van der Waals surface area (Å²) in [4.78, 5) is 28.2. The number of nitrogens with zero attached hydrogens (tertiary/aromatic N) is 1. The monoisotopic (exact) mass is 309 g/mol. The van der Waals surface area contributed by atoms with Gasteiger partial charge in [0.05, 0.1) is 11.9 Å². The largest absolute Gasteiger partial charge is 0.344 e. The Balaban J connectivity index is 1.80. The molecule has 118 valence electrons. The second-order valence-electron chi connectivity index (χ2n) is 5.64. The number of hydrogen-bond donors (Lipinski definition) is 2. The Morgan fingerprint density at radius 3 is 2.83 bits per heavy atom. The number of amides is 2.